The number of hydrogen-bond donors (Lipinski definition) is 2. The Bertz CT molecular complexity index is 646. The summed E-state index contributed by atoms with van der Waals surface area (Å²) < 4.78 is 0. The average Bonchev–Trinajstić information content (AvgIpc) is 3.36. The molecule has 1 aromatic carbocycles. The van der Waals surface area contributed by atoms with Gasteiger partial charge in [0.1, 0.15) is 5.84 Å². The standard InChI is InChI=1S/C16H20N4O/c17-16(19-21)8-10-20(13-5-6-13)11-12-7-9-18-15-4-2-1-3-14(12)15/h1-4,7,9,13,21H,5-6,8,10-11H2,(H2,17,19). The van der Waals surface area contributed by atoms with E-state index in [9.17, 15) is 0 Å². The smallest absolute Gasteiger partial charge is 0.140 e. The van der Waals surface area contributed by atoms with Crippen LogP contribution in [0.4, 0.5) is 0 Å². The maximum atomic E-state index is 8.67. The fourth-order valence-corrected chi connectivity index (χ4v) is 2.65. The van der Waals surface area contributed by atoms with Gasteiger partial charge in [0.25, 0.3) is 0 Å². The Kier molecular flexibility index (Phi) is 4.01. The second-order valence-electron chi connectivity index (χ2n) is 5.53. The van der Waals surface area contributed by atoms with Gasteiger partial charge in [-0.1, -0.05) is 23.4 Å². The van der Waals surface area contributed by atoms with Crippen LogP contribution in [0.1, 0.15) is 24.8 Å². The van der Waals surface area contributed by atoms with Crippen LogP contribution in [0.3, 0.4) is 0 Å². The second kappa shape index (κ2) is 6.10. The Morgan fingerprint density at radius 3 is 2.90 bits per heavy atom. The van der Waals surface area contributed by atoms with E-state index in [0.717, 1.165) is 18.6 Å². The first-order valence-electron chi connectivity index (χ1n) is 7.31. The molecule has 5 heteroatoms. The van der Waals surface area contributed by atoms with Crippen molar-refractivity contribution in [3.8, 4) is 0 Å². The number of aromatic nitrogens is 1. The number of hydrogen-bond acceptors (Lipinski definition) is 4. The average molecular weight is 284 g/mol. The van der Waals surface area contributed by atoms with Crippen LogP contribution >= 0.6 is 0 Å². The van der Waals surface area contributed by atoms with Crippen molar-refractivity contribution in [2.45, 2.75) is 31.8 Å². The van der Waals surface area contributed by atoms with Crippen LogP contribution in [0.15, 0.2) is 41.7 Å². The molecule has 0 atom stereocenters. The molecule has 21 heavy (non-hydrogen) atoms. The molecule has 1 saturated carbocycles. The molecule has 0 amide bonds. The molecule has 1 aliphatic carbocycles. The monoisotopic (exact) mass is 284 g/mol. The molecule has 1 aromatic heterocycles. The third-order valence-corrected chi connectivity index (χ3v) is 3.96. The van der Waals surface area contributed by atoms with Crippen molar-refractivity contribution in [2.24, 2.45) is 10.9 Å². The minimum Gasteiger partial charge on any atom is -0.409 e. The number of pyridine rings is 1. The van der Waals surface area contributed by atoms with Crippen molar-refractivity contribution in [1.29, 1.82) is 0 Å². The summed E-state index contributed by atoms with van der Waals surface area (Å²) in [5, 5.41) is 12.9. The highest BCUT2D eigenvalue weighted by Crippen LogP contribution is 2.29. The summed E-state index contributed by atoms with van der Waals surface area (Å²) in [4.78, 5) is 6.82. The normalized spacial score (nSPS) is 15.8. The fourth-order valence-electron chi connectivity index (χ4n) is 2.65. The summed E-state index contributed by atoms with van der Waals surface area (Å²) in [5.41, 5.74) is 7.90. The Labute approximate surface area is 124 Å². The predicted molar refractivity (Wildman–Crippen MR) is 83.2 cm³/mol. The molecule has 1 heterocycles. The minimum atomic E-state index is 0.292. The Morgan fingerprint density at radius 1 is 1.33 bits per heavy atom. The molecule has 3 rings (SSSR count). The number of para-hydroxylation sites is 1. The summed E-state index contributed by atoms with van der Waals surface area (Å²) in [5.74, 6) is 0.292. The van der Waals surface area contributed by atoms with Crippen LogP contribution in [0.5, 0.6) is 0 Å². The van der Waals surface area contributed by atoms with E-state index in [-0.39, 0.29) is 0 Å². The largest absolute Gasteiger partial charge is 0.409 e. The molecular formula is C16H20N4O. The van der Waals surface area contributed by atoms with Gasteiger partial charge in [0.15, 0.2) is 0 Å². The highest BCUT2D eigenvalue weighted by molar-refractivity contribution is 5.82. The van der Waals surface area contributed by atoms with Crippen molar-refractivity contribution < 1.29 is 5.21 Å². The molecule has 1 fully saturated rings. The molecule has 0 unspecified atom stereocenters. The first-order valence-corrected chi connectivity index (χ1v) is 7.31. The molecule has 110 valence electrons. The van der Waals surface area contributed by atoms with Crippen LogP contribution < -0.4 is 5.73 Å². The molecule has 3 N–H and O–H groups in total. The predicted octanol–water partition coefficient (Wildman–Crippen LogP) is 2.34. The molecule has 5 nitrogen and oxygen atoms in total. The maximum Gasteiger partial charge on any atom is 0.140 e. The van der Waals surface area contributed by atoms with Gasteiger partial charge < -0.3 is 10.9 Å². The SMILES string of the molecule is NC(CCN(Cc1ccnc2ccccc12)C1CC1)=NO. The third kappa shape index (κ3) is 3.31. The Hall–Kier alpha value is -2.14. The number of benzene rings is 1. The highest BCUT2D eigenvalue weighted by atomic mass is 16.4. The number of amidine groups is 1. The Morgan fingerprint density at radius 2 is 2.14 bits per heavy atom. The van der Waals surface area contributed by atoms with E-state index < -0.39 is 0 Å². The molecule has 0 saturated heterocycles. The molecule has 0 bridgehead atoms. The van der Waals surface area contributed by atoms with Gasteiger partial charge in [-0.05, 0) is 30.5 Å². The quantitative estimate of drug-likeness (QED) is 0.369. The van der Waals surface area contributed by atoms with Gasteiger partial charge >= 0.3 is 0 Å². The van der Waals surface area contributed by atoms with Crippen molar-refractivity contribution in [2.75, 3.05) is 6.54 Å². The summed E-state index contributed by atoms with van der Waals surface area (Å²) >= 11 is 0. The van der Waals surface area contributed by atoms with E-state index in [1.807, 2.05) is 24.4 Å². The fraction of sp³-hybridized carbons (Fsp3) is 0.375. The van der Waals surface area contributed by atoms with E-state index >= 15 is 0 Å². The summed E-state index contributed by atoms with van der Waals surface area (Å²) in [7, 11) is 0. The molecule has 2 aromatic rings. The molecule has 0 radical (unpaired) electrons. The lowest BCUT2D eigenvalue weighted by atomic mass is 10.1. The molecule has 0 spiro atoms. The summed E-state index contributed by atoms with van der Waals surface area (Å²) in [6.07, 6.45) is 4.93. The van der Waals surface area contributed by atoms with Gasteiger partial charge in [-0.15, -0.1) is 0 Å². The van der Waals surface area contributed by atoms with Crippen LogP contribution in [0.25, 0.3) is 10.9 Å². The van der Waals surface area contributed by atoms with Crippen LogP contribution in [-0.2, 0) is 6.54 Å². The lowest BCUT2D eigenvalue weighted by Crippen LogP contribution is -2.30. The highest BCUT2D eigenvalue weighted by Gasteiger charge is 2.29. The second-order valence-corrected chi connectivity index (χ2v) is 5.53. The van der Waals surface area contributed by atoms with Crippen molar-refractivity contribution in [3.63, 3.8) is 0 Å². The van der Waals surface area contributed by atoms with Crippen molar-refractivity contribution >= 4 is 16.7 Å². The van der Waals surface area contributed by atoms with E-state index in [1.54, 1.807) is 0 Å². The van der Waals surface area contributed by atoms with E-state index in [1.165, 1.54) is 23.8 Å². The van der Waals surface area contributed by atoms with Gasteiger partial charge in [-0.25, -0.2) is 0 Å². The zero-order valence-electron chi connectivity index (χ0n) is 11.9. The third-order valence-electron chi connectivity index (χ3n) is 3.96. The Balaban J connectivity index is 1.78. The number of nitrogens with zero attached hydrogens (tertiary/aromatic N) is 3. The van der Waals surface area contributed by atoms with Crippen LogP contribution in [-0.4, -0.2) is 33.5 Å². The first-order chi connectivity index (χ1) is 10.3. The zero-order valence-corrected chi connectivity index (χ0v) is 11.9. The molecule has 1 aliphatic rings. The maximum absolute atomic E-state index is 8.67. The van der Waals surface area contributed by atoms with Gasteiger partial charge in [0.05, 0.1) is 5.52 Å². The summed E-state index contributed by atoms with van der Waals surface area (Å²) in [6.45, 7) is 1.70. The van der Waals surface area contributed by atoms with Crippen LogP contribution in [0, 0.1) is 0 Å². The van der Waals surface area contributed by atoms with Crippen molar-refractivity contribution in [3.05, 3.63) is 42.1 Å². The number of fused-ring (bicyclic) bond motifs is 1. The zero-order chi connectivity index (χ0) is 14.7. The first kappa shape index (κ1) is 13.8. The number of nitrogens with two attached hydrogens (primary N) is 1. The number of rotatable bonds is 6. The van der Waals surface area contributed by atoms with Gasteiger partial charge in [-0.2, -0.15) is 0 Å². The van der Waals surface area contributed by atoms with E-state index in [4.69, 9.17) is 10.9 Å². The topological polar surface area (TPSA) is 74.7 Å². The number of oxime groups is 1. The van der Waals surface area contributed by atoms with Gasteiger partial charge in [-0.3, -0.25) is 9.88 Å². The van der Waals surface area contributed by atoms with Crippen LogP contribution in [0.2, 0.25) is 0 Å². The lowest BCUT2D eigenvalue weighted by Gasteiger charge is -2.22. The summed E-state index contributed by atoms with van der Waals surface area (Å²) in [6, 6.07) is 10.9. The molecular weight excluding hydrogens is 264 g/mol. The van der Waals surface area contributed by atoms with E-state index in [0.29, 0.717) is 18.3 Å². The van der Waals surface area contributed by atoms with Gasteiger partial charge in [0, 0.05) is 37.1 Å². The lowest BCUT2D eigenvalue weighted by molar-refractivity contribution is 0.260. The van der Waals surface area contributed by atoms with Gasteiger partial charge in [0.2, 0.25) is 0 Å². The molecule has 0 aliphatic heterocycles. The van der Waals surface area contributed by atoms with E-state index in [2.05, 4.69) is 27.2 Å². The minimum absolute atomic E-state index is 0.292. The van der Waals surface area contributed by atoms with Crippen molar-refractivity contribution in [1.82, 2.24) is 9.88 Å².